The molecular formula is C21H26ClN3O3. The molecule has 2 amide bonds. The molecule has 2 aromatic rings. The molecule has 0 aliphatic carbocycles. The topological polar surface area (TPSA) is 62.8 Å². The van der Waals surface area contributed by atoms with Crippen LogP contribution in [-0.4, -0.2) is 49.9 Å². The molecule has 0 spiro atoms. The molecule has 1 fully saturated rings. The van der Waals surface area contributed by atoms with Crippen molar-refractivity contribution >= 4 is 23.3 Å². The molecule has 150 valence electrons. The molecule has 0 aromatic heterocycles. The molecule has 2 N–H and O–H groups in total. The fourth-order valence-electron chi connectivity index (χ4n) is 3.12. The number of hydrogen-bond acceptors (Lipinski definition) is 4. The van der Waals surface area contributed by atoms with E-state index >= 15 is 0 Å². The van der Waals surface area contributed by atoms with Crippen molar-refractivity contribution in [3.05, 3.63) is 59.1 Å². The largest absolute Gasteiger partial charge is 0.492 e. The fourth-order valence-corrected chi connectivity index (χ4v) is 3.36. The number of carbonyl (C=O) groups excluding carboxylic acids is 1. The van der Waals surface area contributed by atoms with Crippen molar-refractivity contribution in [1.82, 2.24) is 10.2 Å². The van der Waals surface area contributed by atoms with Gasteiger partial charge in [0.2, 0.25) is 0 Å². The number of morpholine rings is 1. The van der Waals surface area contributed by atoms with Crippen molar-refractivity contribution in [1.29, 1.82) is 0 Å². The lowest BCUT2D eigenvalue weighted by molar-refractivity contribution is -0.0285. The molecule has 2 aromatic carbocycles. The summed E-state index contributed by atoms with van der Waals surface area (Å²) in [4.78, 5) is 14.5. The summed E-state index contributed by atoms with van der Waals surface area (Å²) in [6, 6.07) is 15.2. The highest BCUT2D eigenvalue weighted by Gasteiger charge is 2.21. The standard InChI is InChI=1S/C21H26ClN3O3/c1-2-27-20-9-8-17(12-19(20)22)24-21(26)23-13-18-15-25(10-11-28-18)14-16-6-4-3-5-7-16/h3-9,12,18H,2,10-11,13-15H2,1H3,(H2,23,24,26). The number of urea groups is 1. The van der Waals surface area contributed by atoms with Crippen LogP contribution >= 0.6 is 11.6 Å². The summed E-state index contributed by atoms with van der Waals surface area (Å²) in [5.74, 6) is 0.601. The van der Waals surface area contributed by atoms with Gasteiger partial charge in [0.05, 0.1) is 24.3 Å². The molecule has 1 aliphatic heterocycles. The van der Waals surface area contributed by atoms with Crippen LogP contribution < -0.4 is 15.4 Å². The third-order valence-electron chi connectivity index (χ3n) is 4.45. The Balaban J connectivity index is 1.44. The minimum absolute atomic E-state index is 0.0351. The molecule has 3 rings (SSSR count). The van der Waals surface area contributed by atoms with Gasteiger partial charge in [0, 0.05) is 31.9 Å². The molecular weight excluding hydrogens is 378 g/mol. The van der Waals surface area contributed by atoms with Crippen LogP contribution in [-0.2, 0) is 11.3 Å². The van der Waals surface area contributed by atoms with Gasteiger partial charge in [0.15, 0.2) is 0 Å². The third kappa shape index (κ3) is 6.12. The van der Waals surface area contributed by atoms with Crippen LogP contribution in [0.4, 0.5) is 10.5 Å². The van der Waals surface area contributed by atoms with E-state index in [0.717, 1.165) is 19.6 Å². The second kappa shape index (κ2) is 10.3. The van der Waals surface area contributed by atoms with Crippen molar-refractivity contribution in [3.63, 3.8) is 0 Å². The molecule has 1 unspecified atom stereocenters. The molecule has 0 bridgehead atoms. The first kappa shape index (κ1) is 20.5. The van der Waals surface area contributed by atoms with Gasteiger partial charge in [0.25, 0.3) is 0 Å². The molecule has 0 radical (unpaired) electrons. The van der Waals surface area contributed by atoms with Gasteiger partial charge in [-0.05, 0) is 30.7 Å². The Morgan fingerprint density at radius 2 is 2.11 bits per heavy atom. The van der Waals surface area contributed by atoms with Gasteiger partial charge in [0.1, 0.15) is 5.75 Å². The molecule has 7 heteroatoms. The van der Waals surface area contributed by atoms with E-state index in [0.29, 0.717) is 36.2 Å². The van der Waals surface area contributed by atoms with Crippen LogP contribution in [0.25, 0.3) is 0 Å². The minimum atomic E-state index is -0.288. The van der Waals surface area contributed by atoms with Crippen LogP contribution in [0.2, 0.25) is 5.02 Å². The Morgan fingerprint density at radius 1 is 1.29 bits per heavy atom. The first-order valence-corrected chi connectivity index (χ1v) is 9.87. The van der Waals surface area contributed by atoms with Gasteiger partial charge in [-0.15, -0.1) is 0 Å². The second-order valence-electron chi connectivity index (χ2n) is 6.63. The number of hydrogen-bond donors (Lipinski definition) is 2. The van der Waals surface area contributed by atoms with Gasteiger partial charge in [-0.3, -0.25) is 4.90 Å². The first-order chi connectivity index (χ1) is 13.6. The lowest BCUT2D eigenvalue weighted by Crippen LogP contribution is -2.47. The van der Waals surface area contributed by atoms with Crippen molar-refractivity contribution in [2.45, 2.75) is 19.6 Å². The normalized spacial score (nSPS) is 17.1. The number of rotatable bonds is 7. The van der Waals surface area contributed by atoms with Crippen LogP contribution in [0, 0.1) is 0 Å². The van der Waals surface area contributed by atoms with Gasteiger partial charge in [-0.25, -0.2) is 4.79 Å². The van der Waals surface area contributed by atoms with Gasteiger partial charge in [-0.1, -0.05) is 41.9 Å². The summed E-state index contributed by atoms with van der Waals surface area (Å²) in [6.07, 6.45) is -0.0351. The average Bonchev–Trinajstić information content (AvgIpc) is 2.70. The Bertz CT molecular complexity index is 773. The molecule has 1 aliphatic rings. The zero-order chi connectivity index (χ0) is 19.8. The summed E-state index contributed by atoms with van der Waals surface area (Å²) in [5.41, 5.74) is 1.89. The zero-order valence-electron chi connectivity index (χ0n) is 16.0. The maximum atomic E-state index is 12.2. The predicted octanol–water partition coefficient (Wildman–Crippen LogP) is 3.76. The number of carbonyl (C=O) groups is 1. The highest BCUT2D eigenvalue weighted by atomic mass is 35.5. The third-order valence-corrected chi connectivity index (χ3v) is 4.75. The molecule has 1 heterocycles. The Hall–Kier alpha value is -2.28. The van der Waals surface area contributed by atoms with Crippen LogP contribution in [0.3, 0.4) is 0 Å². The van der Waals surface area contributed by atoms with Crippen molar-refractivity contribution in [2.24, 2.45) is 0 Å². The lowest BCUT2D eigenvalue weighted by Gasteiger charge is -2.33. The lowest BCUT2D eigenvalue weighted by atomic mass is 10.2. The van der Waals surface area contributed by atoms with Crippen LogP contribution in [0.15, 0.2) is 48.5 Å². The molecule has 28 heavy (non-hydrogen) atoms. The summed E-state index contributed by atoms with van der Waals surface area (Å²) >= 11 is 6.15. The number of amides is 2. The smallest absolute Gasteiger partial charge is 0.319 e. The predicted molar refractivity (Wildman–Crippen MR) is 111 cm³/mol. The number of halogens is 1. The summed E-state index contributed by atoms with van der Waals surface area (Å²) in [7, 11) is 0. The fraction of sp³-hybridized carbons (Fsp3) is 0.381. The van der Waals surface area contributed by atoms with Crippen LogP contribution in [0.5, 0.6) is 5.75 Å². The van der Waals surface area contributed by atoms with E-state index in [1.54, 1.807) is 18.2 Å². The highest BCUT2D eigenvalue weighted by Crippen LogP contribution is 2.27. The van der Waals surface area contributed by atoms with Gasteiger partial charge in [-0.2, -0.15) is 0 Å². The molecule has 1 saturated heterocycles. The number of ether oxygens (including phenoxy) is 2. The Morgan fingerprint density at radius 3 is 2.86 bits per heavy atom. The maximum absolute atomic E-state index is 12.2. The second-order valence-corrected chi connectivity index (χ2v) is 7.03. The van der Waals surface area contributed by atoms with Crippen molar-refractivity contribution in [2.75, 3.05) is 38.2 Å². The Kier molecular flexibility index (Phi) is 7.54. The molecule has 6 nitrogen and oxygen atoms in total. The summed E-state index contributed by atoms with van der Waals surface area (Å²) in [6.45, 7) is 6.10. The van der Waals surface area contributed by atoms with E-state index in [1.165, 1.54) is 5.56 Å². The average molecular weight is 404 g/mol. The number of benzene rings is 2. The molecule has 0 saturated carbocycles. The summed E-state index contributed by atoms with van der Waals surface area (Å²) < 4.78 is 11.2. The van der Waals surface area contributed by atoms with E-state index in [2.05, 4.69) is 27.7 Å². The Labute approximate surface area is 170 Å². The quantitative estimate of drug-likeness (QED) is 0.738. The number of nitrogens with zero attached hydrogens (tertiary/aromatic N) is 1. The van der Waals surface area contributed by atoms with Gasteiger partial charge < -0.3 is 20.1 Å². The SMILES string of the molecule is CCOc1ccc(NC(=O)NCC2CN(Cc3ccccc3)CCO2)cc1Cl. The van der Waals surface area contributed by atoms with E-state index in [9.17, 15) is 4.79 Å². The highest BCUT2D eigenvalue weighted by molar-refractivity contribution is 6.32. The monoisotopic (exact) mass is 403 g/mol. The molecule has 1 atom stereocenters. The number of nitrogens with one attached hydrogen (secondary N) is 2. The minimum Gasteiger partial charge on any atom is -0.492 e. The maximum Gasteiger partial charge on any atom is 0.319 e. The summed E-state index contributed by atoms with van der Waals surface area (Å²) in [5, 5.41) is 6.12. The number of anilines is 1. The first-order valence-electron chi connectivity index (χ1n) is 9.49. The van der Waals surface area contributed by atoms with Crippen LogP contribution in [0.1, 0.15) is 12.5 Å². The van der Waals surface area contributed by atoms with Gasteiger partial charge >= 0.3 is 6.03 Å². The van der Waals surface area contributed by atoms with E-state index in [4.69, 9.17) is 21.1 Å². The van der Waals surface area contributed by atoms with Crippen molar-refractivity contribution in [3.8, 4) is 5.75 Å². The zero-order valence-corrected chi connectivity index (χ0v) is 16.7. The van der Waals surface area contributed by atoms with E-state index in [1.807, 2.05) is 25.1 Å². The van der Waals surface area contributed by atoms with E-state index in [-0.39, 0.29) is 12.1 Å². The van der Waals surface area contributed by atoms with Crippen molar-refractivity contribution < 1.29 is 14.3 Å². The van der Waals surface area contributed by atoms with E-state index < -0.39 is 0 Å².